The molecule has 0 saturated carbocycles. The fraction of sp³-hybridized carbons (Fsp3) is 0.391. The summed E-state index contributed by atoms with van der Waals surface area (Å²) in [6, 6.07) is 14.0. The number of anilines is 1. The number of aliphatic imine (C=N–C) groups is 1. The summed E-state index contributed by atoms with van der Waals surface area (Å²) in [7, 11) is 1.73. The van der Waals surface area contributed by atoms with E-state index in [1.807, 2.05) is 35.2 Å². The molecule has 2 aliphatic heterocycles. The molecule has 0 aromatic heterocycles. The van der Waals surface area contributed by atoms with E-state index >= 15 is 0 Å². The summed E-state index contributed by atoms with van der Waals surface area (Å²) in [5.41, 5.74) is 3.38. The molecule has 31 heavy (non-hydrogen) atoms. The molecular weight excluding hydrogens is 507 g/mol. The van der Waals surface area contributed by atoms with Crippen LogP contribution in [0, 0.1) is 0 Å². The second kappa shape index (κ2) is 11.2. The summed E-state index contributed by atoms with van der Waals surface area (Å²) < 4.78 is 11.4. The number of carbonyl (C=O) groups excluding carboxylic acids is 1. The molecule has 2 heterocycles. The van der Waals surface area contributed by atoms with Gasteiger partial charge in [0.25, 0.3) is 0 Å². The lowest BCUT2D eigenvalue weighted by atomic mass is 10.1. The zero-order valence-electron chi connectivity index (χ0n) is 17.7. The van der Waals surface area contributed by atoms with Crippen molar-refractivity contribution in [2.45, 2.75) is 32.4 Å². The van der Waals surface area contributed by atoms with Crippen molar-refractivity contribution in [1.82, 2.24) is 10.2 Å². The van der Waals surface area contributed by atoms with Crippen LogP contribution in [-0.4, -0.2) is 43.6 Å². The van der Waals surface area contributed by atoms with Gasteiger partial charge < -0.3 is 25.0 Å². The Morgan fingerprint density at radius 3 is 2.48 bits per heavy atom. The molecule has 2 aromatic rings. The fourth-order valence-corrected chi connectivity index (χ4v) is 3.67. The van der Waals surface area contributed by atoms with Crippen molar-refractivity contribution < 1.29 is 14.3 Å². The molecule has 1 amide bonds. The van der Waals surface area contributed by atoms with Gasteiger partial charge in [-0.25, -0.2) is 0 Å². The first-order valence-corrected chi connectivity index (χ1v) is 10.4. The number of guanidine groups is 1. The van der Waals surface area contributed by atoms with Crippen molar-refractivity contribution in [2.24, 2.45) is 4.99 Å². The number of fused-ring (bicyclic) bond motifs is 2. The van der Waals surface area contributed by atoms with Gasteiger partial charge in [-0.1, -0.05) is 24.3 Å². The van der Waals surface area contributed by atoms with E-state index in [1.165, 1.54) is 11.1 Å². The van der Waals surface area contributed by atoms with E-state index in [9.17, 15) is 4.79 Å². The first-order valence-electron chi connectivity index (χ1n) is 10.4. The van der Waals surface area contributed by atoms with E-state index in [0.717, 1.165) is 43.1 Å². The minimum absolute atomic E-state index is 0. The SMILES string of the molecule is CN=C(NCCCC(=O)N1Cc2ccccc2C1)Nc1ccc2c(c1)OCCCO2.I. The van der Waals surface area contributed by atoms with E-state index in [2.05, 4.69) is 27.8 Å². The molecular formula is C23H29IN4O3. The van der Waals surface area contributed by atoms with Crippen molar-refractivity contribution in [2.75, 3.05) is 32.1 Å². The van der Waals surface area contributed by atoms with Crippen LogP contribution in [0.3, 0.4) is 0 Å². The molecule has 0 radical (unpaired) electrons. The minimum atomic E-state index is 0. The van der Waals surface area contributed by atoms with E-state index in [0.29, 0.717) is 32.1 Å². The van der Waals surface area contributed by atoms with Crippen LogP contribution in [0.5, 0.6) is 11.5 Å². The largest absolute Gasteiger partial charge is 0.490 e. The number of benzene rings is 2. The Hall–Kier alpha value is -2.49. The highest BCUT2D eigenvalue weighted by molar-refractivity contribution is 14.0. The summed E-state index contributed by atoms with van der Waals surface area (Å²) in [6.07, 6.45) is 2.14. The third kappa shape index (κ3) is 6.03. The van der Waals surface area contributed by atoms with Gasteiger partial charge in [-0.15, -0.1) is 24.0 Å². The molecule has 0 aliphatic carbocycles. The lowest BCUT2D eigenvalue weighted by Gasteiger charge is -2.16. The Kier molecular flexibility index (Phi) is 8.39. The van der Waals surface area contributed by atoms with Gasteiger partial charge in [-0.05, 0) is 29.7 Å². The van der Waals surface area contributed by atoms with E-state index in [-0.39, 0.29) is 29.9 Å². The van der Waals surface area contributed by atoms with Gasteiger partial charge in [0.15, 0.2) is 17.5 Å². The number of ether oxygens (including phenoxy) is 2. The van der Waals surface area contributed by atoms with Crippen molar-refractivity contribution in [3.8, 4) is 11.5 Å². The number of nitrogens with one attached hydrogen (secondary N) is 2. The number of hydrogen-bond donors (Lipinski definition) is 2. The summed E-state index contributed by atoms with van der Waals surface area (Å²) in [5.74, 6) is 2.36. The Bertz CT molecular complexity index is 910. The van der Waals surface area contributed by atoms with Crippen LogP contribution >= 0.6 is 24.0 Å². The maximum atomic E-state index is 12.5. The van der Waals surface area contributed by atoms with Gasteiger partial charge in [0.05, 0.1) is 13.2 Å². The molecule has 0 saturated heterocycles. The van der Waals surface area contributed by atoms with Crippen LogP contribution in [0.1, 0.15) is 30.4 Å². The molecule has 0 bridgehead atoms. The fourth-order valence-electron chi connectivity index (χ4n) is 3.67. The molecule has 166 valence electrons. The molecule has 0 spiro atoms. The normalized spacial score (nSPS) is 14.9. The zero-order valence-corrected chi connectivity index (χ0v) is 20.1. The highest BCUT2D eigenvalue weighted by atomic mass is 127. The maximum Gasteiger partial charge on any atom is 0.223 e. The van der Waals surface area contributed by atoms with Crippen LogP contribution in [0.4, 0.5) is 5.69 Å². The average Bonchev–Trinajstić information content (AvgIpc) is 3.07. The number of rotatable bonds is 5. The second-order valence-corrected chi connectivity index (χ2v) is 7.46. The number of amides is 1. The first-order chi connectivity index (χ1) is 14.7. The molecule has 0 fully saturated rings. The van der Waals surface area contributed by atoms with Gasteiger partial charge in [0.2, 0.25) is 5.91 Å². The lowest BCUT2D eigenvalue weighted by Crippen LogP contribution is -2.32. The van der Waals surface area contributed by atoms with Crippen LogP contribution in [-0.2, 0) is 17.9 Å². The van der Waals surface area contributed by atoms with E-state index < -0.39 is 0 Å². The molecule has 2 N–H and O–H groups in total. The Morgan fingerprint density at radius 1 is 1.06 bits per heavy atom. The van der Waals surface area contributed by atoms with Crippen molar-refractivity contribution in [3.63, 3.8) is 0 Å². The number of hydrogen-bond acceptors (Lipinski definition) is 4. The quantitative estimate of drug-likeness (QED) is 0.264. The third-order valence-corrected chi connectivity index (χ3v) is 5.29. The number of nitrogens with zero attached hydrogens (tertiary/aromatic N) is 2. The molecule has 8 heteroatoms. The van der Waals surface area contributed by atoms with Crippen molar-refractivity contribution in [3.05, 3.63) is 53.6 Å². The predicted octanol–water partition coefficient (Wildman–Crippen LogP) is 3.78. The molecule has 0 unspecified atom stereocenters. The molecule has 2 aliphatic rings. The van der Waals surface area contributed by atoms with Crippen molar-refractivity contribution >= 4 is 41.5 Å². The monoisotopic (exact) mass is 536 g/mol. The predicted molar refractivity (Wildman–Crippen MR) is 132 cm³/mol. The second-order valence-electron chi connectivity index (χ2n) is 7.46. The van der Waals surface area contributed by atoms with Crippen LogP contribution in [0.2, 0.25) is 0 Å². The minimum Gasteiger partial charge on any atom is -0.490 e. The van der Waals surface area contributed by atoms with Gasteiger partial charge in [0, 0.05) is 51.3 Å². The van der Waals surface area contributed by atoms with Crippen LogP contribution in [0.15, 0.2) is 47.5 Å². The smallest absolute Gasteiger partial charge is 0.223 e. The van der Waals surface area contributed by atoms with E-state index in [1.54, 1.807) is 7.05 Å². The summed E-state index contributed by atoms with van der Waals surface area (Å²) in [6.45, 7) is 3.42. The Morgan fingerprint density at radius 2 is 1.77 bits per heavy atom. The first kappa shape index (κ1) is 23.2. The lowest BCUT2D eigenvalue weighted by molar-refractivity contribution is -0.131. The van der Waals surface area contributed by atoms with Crippen LogP contribution < -0.4 is 20.1 Å². The highest BCUT2D eigenvalue weighted by Gasteiger charge is 2.22. The summed E-state index contributed by atoms with van der Waals surface area (Å²) >= 11 is 0. The number of halogens is 1. The molecule has 2 aromatic carbocycles. The Balaban J connectivity index is 0.00000272. The molecule has 7 nitrogen and oxygen atoms in total. The summed E-state index contributed by atoms with van der Waals surface area (Å²) in [5, 5.41) is 6.53. The average molecular weight is 536 g/mol. The highest BCUT2D eigenvalue weighted by Crippen LogP contribution is 2.32. The van der Waals surface area contributed by atoms with Gasteiger partial charge in [-0.3, -0.25) is 9.79 Å². The van der Waals surface area contributed by atoms with Crippen molar-refractivity contribution in [1.29, 1.82) is 0 Å². The standard InChI is InChI=1S/C23H28N4O3.HI/c1-24-23(26-19-9-10-20-21(14-19)30-13-5-12-29-20)25-11-4-8-22(28)27-15-17-6-2-3-7-18(17)16-27;/h2-3,6-7,9-10,14H,4-5,8,11-13,15-16H2,1H3,(H2,24,25,26);1H. The zero-order chi connectivity index (χ0) is 20.8. The topological polar surface area (TPSA) is 75.2 Å². The van der Waals surface area contributed by atoms with E-state index in [4.69, 9.17) is 9.47 Å². The number of carbonyl (C=O) groups is 1. The summed E-state index contributed by atoms with van der Waals surface area (Å²) in [4.78, 5) is 18.7. The molecule has 0 atom stereocenters. The van der Waals surface area contributed by atoms with Gasteiger partial charge in [-0.2, -0.15) is 0 Å². The van der Waals surface area contributed by atoms with Crippen LogP contribution in [0.25, 0.3) is 0 Å². The molecule has 4 rings (SSSR count). The Labute approximate surface area is 200 Å². The van der Waals surface area contributed by atoms with Gasteiger partial charge >= 0.3 is 0 Å². The maximum absolute atomic E-state index is 12.5. The third-order valence-electron chi connectivity index (χ3n) is 5.29. The van der Waals surface area contributed by atoms with Gasteiger partial charge in [0.1, 0.15) is 0 Å².